The molecule has 0 bridgehead atoms. The normalized spacial score (nSPS) is 27.3. The van der Waals surface area contributed by atoms with Gasteiger partial charge in [0.2, 0.25) is 0 Å². The predicted octanol–water partition coefficient (Wildman–Crippen LogP) is 4.52. The van der Waals surface area contributed by atoms with Gasteiger partial charge in [-0.2, -0.15) is 0 Å². The summed E-state index contributed by atoms with van der Waals surface area (Å²) in [6.45, 7) is 6.11. The highest BCUT2D eigenvalue weighted by molar-refractivity contribution is 7.96. The van der Waals surface area contributed by atoms with Crippen LogP contribution in [-0.2, 0) is 9.53 Å². The summed E-state index contributed by atoms with van der Waals surface area (Å²) in [6, 6.07) is 9.86. The molecule has 2 fully saturated rings. The second-order valence-corrected chi connectivity index (χ2v) is 9.58. The lowest BCUT2D eigenvalue weighted by atomic mass is 9.80. The fourth-order valence-corrected chi connectivity index (χ4v) is 5.34. The van der Waals surface area contributed by atoms with Crippen molar-refractivity contribution in [3.05, 3.63) is 30.3 Å². The van der Waals surface area contributed by atoms with Crippen LogP contribution in [0.3, 0.4) is 0 Å². The smallest absolute Gasteiger partial charge is 0.260 e. The number of likely N-dealkylation sites (tertiary alicyclic amines) is 1. The van der Waals surface area contributed by atoms with E-state index in [1.165, 1.54) is 12.8 Å². The maximum absolute atomic E-state index is 13.0. The SMILES string of the molecule is CSN[C@H]1CCCN(C(=O)COc2ccccc2)[C@H]1COC1CCC(C(C)C)CC1. The summed E-state index contributed by atoms with van der Waals surface area (Å²) in [6.07, 6.45) is 9.24. The van der Waals surface area contributed by atoms with Gasteiger partial charge in [0.25, 0.3) is 5.91 Å². The number of amides is 1. The molecular weight excluding hydrogens is 396 g/mol. The summed E-state index contributed by atoms with van der Waals surface area (Å²) in [4.78, 5) is 15.0. The topological polar surface area (TPSA) is 50.8 Å². The van der Waals surface area contributed by atoms with Crippen molar-refractivity contribution < 1.29 is 14.3 Å². The van der Waals surface area contributed by atoms with E-state index in [4.69, 9.17) is 9.47 Å². The zero-order valence-corrected chi connectivity index (χ0v) is 19.5. The van der Waals surface area contributed by atoms with Crippen LogP contribution in [0.4, 0.5) is 0 Å². The molecule has 1 aliphatic heterocycles. The van der Waals surface area contributed by atoms with Crippen LogP contribution in [0, 0.1) is 11.8 Å². The van der Waals surface area contributed by atoms with Gasteiger partial charge >= 0.3 is 0 Å². The zero-order valence-electron chi connectivity index (χ0n) is 18.7. The summed E-state index contributed by atoms with van der Waals surface area (Å²) >= 11 is 1.63. The Balaban J connectivity index is 1.56. The molecule has 1 aromatic carbocycles. The Bertz CT molecular complexity index is 633. The van der Waals surface area contributed by atoms with Crippen LogP contribution in [0.5, 0.6) is 5.75 Å². The minimum Gasteiger partial charge on any atom is -0.484 e. The van der Waals surface area contributed by atoms with E-state index in [1.54, 1.807) is 11.9 Å². The second kappa shape index (κ2) is 12.0. The van der Waals surface area contributed by atoms with Gasteiger partial charge in [0.1, 0.15) is 5.75 Å². The Kier molecular flexibility index (Phi) is 9.34. The molecule has 2 aliphatic rings. The number of para-hydroxylation sites is 1. The molecule has 1 N–H and O–H groups in total. The average Bonchev–Trinajstić information content (AvgIpc) is 2.77. The number of hydrogen-bond acceptors (Lipinski definition) is 5. The van der Waals surface area contributed by atoms with Gasteiger partial charge in [-0.3, -0.25) is 9.52 Å². The van der Waals surface area contributed by atoms with E-state index in [9.17, 15) is 4.79 Å². The van der Waals surface area contributed by atoms with Gasteiger partial charge < -0.3 is 14.4 Å². The van der Waals surface area contributed by atoms with Crippen molar-refractivity contribution in [2.75, 3.05) is 26.0 Å². The number of nitrogens with one attached hydrogen (secondary N) is 1. The molecule has 2 atom stereocenters. The van der Waals surface area contributed by atoms with Crippen molar-refractivity contribution in [2.45, 2.75) is 70.6 Å². The van der Waals surface area contributed by atoms with E-state index < -0.39 is 0 Å². The van der Waals surface area contributed by atoms with Gasteiger partial charge in [-0.05, 0) is 68.7 Å². The lowest BCUT2D eigenvalue weighted by Crippen LogP contribution is -2.58. The second-order valence-electron chi connectivity index (χ2n) is 8.94. The molecule has 1 aliphatic carbocycles. The molecule has 0 spiro atoms. The number of nitrogens with zero attached hydrogens (tertiary/aromatic N) is 1. The summed E-state index contributed by atoms with van der Waals surface area (Å²) in [5.41, 5.74) is 0. The molecule has 1 aromatic rings. The van der Waals surface area contributed by atoms with Gasteiger partial charge in [-0.15, -0.1) is 0 Å². The number of hydrogen-bond donors (Lipinski definition) is 1. The number of rotatable bonds is 9. The highest BCUT2D eigenvalue weighted by Gasteiger charge is 2.35. The summed E-state index contributed by atoms with van der Waals surface area (Å²) in [7, 11) is 0. The molecule has 1 saturated heterocycles. The Morgan fingerprint density at radius 1 is 1.17 bits per heavy atom. The lowest BCUT2D eigenvalue weighted by molar-refractivity contribution is -0.140. The third kappa shape index (κ3) is 6.63. The maximum Gasteiger partial charge on any atom is 0.260 e. The molecule has 168 valence electrons. The molecular formula is C24H38N2O3S. The summed E-state index contributed by atoms with van der Waals surface area (Å²) < 4.78 is 15.6. The van der Waals surface area contributed by atoms with Crippen molar-refractivity contribution in [1.29, 1.82) is 0 Å². The van der Waals surface area contributed by atoms with Crippen LogP contribution in [0.15, 0.2) is 30.3 Å². The quantitative estimate of drug-likeness (QED) is 0.579. The molecule has 0 unspecified atom stereocenters. The summed E-state index contributed by atoms with van der Waals surface area (Å²) in [5.74, 6) is 2.37. The first-order chi connectivity index (χ1) is 14.6. The number of benzene rings is 1. The van der Waals surface area contributed by atoms with Gasteiger partial charge in [0.15, 0.2) is 6.61 Å². The fourth-order valence-electron chi connectivity index (χ4n) is 4.76. The van der Waals surface area contributed by atoms with Gasteiger partial charge in [0, 0.05) is 12.6 Å². The van der Waals surface area contributed by atoms with Crippen molar-refractivity contribution in [3.63, 3.8) is 0 Å². The molecule has 1 saturated carbocycles. The molecule has 0 aromatic heterocycles. The van der Waals surface area contributed by atoms with Crippen LogP contribution in [0.1, 0.15) is 52.4 Å². The van der Waals surface area contributed by atoms with Crippen LogP contribution >= 0.6 is 11.9 Å². The van der Waals surface area contributed by atoms with Crippen LogP contribution < -0.4 is 9.46 Å². The molecule has 0 radical (unpaired) electrons. The first-order valence-electron chi connectivity index (χ1n) is 11.5. The first kappa shape index (κ1) is 23.4. The summed E-state index contributed by atoms with van der Waals surface area (Å²) in [5, 5.41) is 0. The van der Waals surface area contributed by atoms with Crippen molar-refractivity contribution in [2.24, 2.45) is 11.8 Å². The highest BCUT2D eigenvalue weighted by Crippen LogP contribution is 2.32. The monoisotopic (exact) mass is 434 g/mol. The first-order valence-corrected chi connectivity index (χ1v) is 12.7. The lowest BCUT2D eigenvalue weighted by Gasteiger charge is -2.42. The Hall–Kier alpha value is -1.24. The Labute approximate surface area is 186 Å². The largest absolute Gasteiger partial charge is 0.484 e. The van der Waals surface area contributed by atoms with Gasteiger partial charge in [-0.1, -0.05) is 44.0 Å². The van der Waals surface area contributed by atoms with E-state index in [0.29, 0.717) is 12.7 Å². The third-order valence-corrected chi connectivity index (χ3v) is 7.18. The van der Waals surface area contributed by atoms with Gasteiger partial charge in [0.05, 0.1) is 18.8 Å². The predicted molar refractivity (Wildman–Crippen MR) is 124 cm³/mol. The molecule has 6 heteroatoms. The highest BCUT2D eigenvalue weighted by atomic mass is 32.2. The molecule has 30 heavy (non-hydrogen) atoms. The van der Waals surface area contributed by atoms with E-state index in [0.717, 1.165) is 49.8 Å². The third-order valence-electron chi connectivity index (χ3n) is 6.64. The van der Waals surface area contributed by atoms with Crippen molar-refractivity contribution in [1.82, 2.24) is 9.62 Å². The van der Waals surface area contributed by atoms with E-state index in [1.807, 2.05) is 41.5 Å². The zero-order chi connectivity index (χ0) is 21.3. The standard InChI is InChI=1S/C24H38N2O3S/c1-18(2)19-11-13-21(14-12-19)28-16-23-22(25-30-3)10-7-15-26(23)24(27)17-29-20-8-5-4-6-9-20/h4-6,8-9,18-19,21-23,25H,7,10-17H2,1-3H3/t19?,21?,22-,23-/m0/s1. The van der Waals surface area contributed by atoms with E-state index in [2.05, 4.69) is 18.6 Å². The Morgan fingerprint density at radius 3 is 2.57 bits per heavy atom. The van der Waals surface area contributed by atoms with Crippen molar-refractivity contribution in [3.8, 4) is 5.75 Å². The van der Waals surface area contributed by atoms with E-state index >= 15 is 0 Å². The molecule has 1 heterocycles. The van der Waals surface area contributed by atoms with Crippen LogP contribution in [0.2, 0.25) is 0 Å². The molecule has 5 nitrogen and oxygen atoms in total. The Morgan fingerprint density at radius 2 is 1.90 bits per heavy atom. The minimum atomic E-state index is 0.0450. The fraction of sp³-hybridized carbons (Fsp3) is 0.708. The number of carbonyl (C=O) groups is 1. The van der Waals surface area contributed by atoms with Crippen LogP contribution in [0.25, 0.3) is 0 Å². The minimum absolute atomic E-state index is 0.0450. The van der Waals surface area contributed by atoms with E-state index in [-0.39, 0.29) is 24.6 Å². The molecule has 3 rings (SSSR count). The maximum atomic E-state index is 13.0. The molecule has 1 amide bonds. The number of carbonyl (C=O) groups excluding carboxylic acids is 1. The van der Waals surface area contributed by atoms with Crippen LogP contribution in [-0.4, -0.2) is 55.0 Å². The number of piperidine rings is 1. The van der Waals surface area contributed by atoms with Gasteiger partial charge in [-0.25, -0.2) is 0 Å². The average molecular weight is 435 g/mol. The van der Waals surface area contributed by atoms with Crippen molar-refractivity contribution >= 4 is 17.9 Å². The number of ether oxygens (including phenoxy) is 2.